The van der Waals surface area contributed by atoms with Crippen LogP contribution in [0.5, 0.6) is 5.88 Å². The molecule has 0 unspecified atom stereocenters. The molecule has 1 aromatic rings. The van der Waals surface area contributed by atoms with E-state index < -0.39 is 30.7 Å². The van der Waals surface area contributed by atoms with Gasteiger partial charge in [0.2, 0.25) is 5.88 Å². The minimum absolute atomic E-state index is 0.0226. The number of nitrogens with two attached hydrogens (primary N) is 1. The largest absolute Gasteiger partial charge is 0.469 e. The Hall–Kier alpha value is -1.93. The van der Waals surface area contributed by atoms with Crippen LogP contribution in [0.4, 0.5) is 17.6 Å². The lowest BCUT2D eigenvalue weighted by Crippen LogP contribution is -2.34. The van der Waals surface area contributed by atoms with Crippen LogP contribution in [0.15, 0.2) is 0 Å². The van der Waals surface area contributed by atoms with E-state index in [1.54, 1.807) is 13.8 Å². The second-order valence-electron chi connectivity index (χ2n) is 4.28. The summed E-state index contributed by atoms with van der Waals surface area (Å²) in [4.78, 5) is 0. The summed E-state index contributed by atoms with van der Waals surface area (Å²) < 4.78 is 54.6. The van der Waals surface area contributed by atoms with Gasteiger partial charge >= 0.3 is 12.3 Å². The van der Waals surface area contributed by atoms with Crippen molar-refractivity contribution in [2.75, 3.05) is 6.61 Å². The normalized spacial score (nSPS) is 11.8. The lowest BCUT2D eigenvalue weighted by Gasteiger charge is -2.18. The molecule has 0 aliphatic rings. The van der Waals surface area contributed by atoms with E-state index >= 15 is 0 Å². The van der Waals surface area contributed by atoms with E-state index in [2.05, 4.69) is 14.9 Å². The summed E-state index contributed by atoms with van der Waals surface area (Å²) in [7, 11) is 0. The van der Waals surface area contributed by atoms with Crippen LogP contribution < -0.4 is 10.5 Å². The van der Waals surface area contributed by atoms with Gasteiger partial charge in [-0.2, -0.15) is 13.9 Å². The second-order valence-corrected chi connectivity index (χ2v) is 4.28. The van der Waals surface area contributed by atoms with E-state index in [4.69, 9.17) is 11.1 Å². The van der Waals surface area contributed by atoms with Crippen molar-refractivity contribution < 1.29 is 22.3 Å². The number of alkyl halides is 4. The first kappa shape index (κ1) is 17.1. The molecule has 1 aromatic heterocycles. The van der Waals surface area contributed by atoms with Crippen LogP contribution >= 0.6 is 0 Å². The van der Waals surface area contributed by atoms with Gasteiger partial charge in [-0.1, -0.05) is 13.8 Å². The average Bonchev–Trinajstić information content (AvgIpc) is 2.43. The summed E-state index contributed by atoms with van der Waals surface area (Å²) in [5.41, 5.74) is 6.53. The molecule has 0 aliphatic heterocycles. The van der Waals surface area contributed by atoms with E-state index in [9.17, 15) is 17.6 Å². The number of hydrogen-bond donors (Lipinski definition) is 2. The number of rotatable bonds is 7. The Morgan fingerprint density at radius 3 is 2.33 bits per heavy atom. The Balaban J connectivity index is 3.16. The highest BCUT2D eigenvalue weighted by Gasteiger charge is 2.42. The van der Waals surface area contributed by atoms with E-state index in [0.29, 0.717) is 24.1 Å². The highest BCUT2D eigenvalue weighted by atomic mass is 19.3. The van der Waals surface area contributed by atoms with Gasteiger partial charge in [0.25, 0.3) is 0 Å². The van der Waals surface area contributed by atoms with Crippen molar-refractivity contribution in [3.05, 3.63) is 16.8 Å². The van der Waals surface area contributed by atoms with Crippen LogP contribution in [-0.2, 0) is 12.8 Å². The molecule has 0 atom stereocenters. The van der Waals surface area contributed by atoms with Crippen molar-refractivity contribution in [1.29, 1.82) is 5.41 Å². The molecule has 9 heteroatoms. The van der Waals surface area contributed by atoms with Crippen molar-refractivity contribution in [1.82, 2.24) is 10.2 Å². The van der Waals surface area contributed by atoms with Crippen molar-refractivity contribution in [2.45, 2.75) is 39.0 Å². The zero-order valence-electron chi connectivity index (χ0n) is 11.6. The SMILES string of the molecule is CCc1nnc(OCC(F)(F)C(F)F)c(C(=N)N)c1CC. The Morgan fingerprint density at radius 1 is 1.29 bits per heavy atom. The third-order valence-electron chi connectivity index (χ3n) is 2.80. The monoisotopic (exact) mass is 308 g/mol. The molecule has 0 aliphatic carbocycles. The maximum Gasteiger partial charge on any atom is 0.340 e. The summed E-state index contributed by atoms with van der Waals surface area (Å²) in [6.45, 7) is 2.01. The smallest absolute Gasteiger partial charge is 0.340 e. The maximum atomic E-state index is 12.9. The molecule has 21 heavy (non-hydrogen) atoms. The number of halogens is 4. The molecule has 0 amide bonds. The molecule has 0 radical (unpaired) electrons. The maximum absolute atomic E-state index is 12.9. The molecule has 118 valence electrons. The molecular weight excluding hydrogens is 292 g/mol. The van der Waals surface area contributed by atoms with Gasteiger partial charge in [-0.05, 0) is 18.4 Å². The number of aromatic nitrogens is 2. The van der Waals surface area contributed by atoms with Gasteiger partial charge in [-0.3, -0.25) is 5.41 Å². The van der Waals surface area contributed by atoms with Crippen LogP contribution in [0.25, 0.3) is 0 Å². The minimum Gasteiger partial charge on any atom is -0.469 e. The number of aryl methyl sites for hydroxylation is 1. The first-order valence-electron chi connectivity index (χ1n) is 6.26. The Bertz CT molecular complexity index is 522. The number of nitrogens with one attached hydrogen (secondary N) is 1. The third-order valence-corrected chi connectivity index (χ3v) is 2.80. The van der Waals surface area contributed by atoms with Crippen LogP contribution in [0.1, 0.15) is 30.7 Å². The predicted molar refractivity (Wildman–Crippen MR) is 68.3 cm³/mol. The molecule has 1 rings (SSSR count). The summed E-state index contributed by atoms with van der Waals surface area (Å²) in [6.07, 6.45) is -2.93. The molecule has 0 spiro atoms. The van der Waals surface area contributed by atoms with Gasteiger partial charge in [-0.25, -0.2) is 8.78 Å². The number of nitrogens with zero attached hydrogens (tertiary/aromatic N) is 2. The fraction of sp³-hybridized carbons (Fsp3) is 0.583. The quantitative estimate of drug-likeness (QED) is 0.459. The van der Waals surface area contributed by atoms with Crippen molar-refractivity contribution in [2.24, 2.45) is 5.73 Å². The standard InChI is InChI=1S/C12H16F4N4O/c1-3-6-7(4-2)19-20-10(8(6)9(17)18)21-5-12(15,16)11(13)14/h11H,3-5H2,1-2H3,(H3,17,18). The zero-order valence-corrected chi connectivity index (χ0v) is 11.6. The summed E-state index contributed by atoms with van der Waals surface area (Å²) >= 11 is 0. The molecule has 0 bridgehead atoms. The second kappa shape index (κ2) is 6.68. The van der Waals surface area contributed by atoms with E-state index in [1.165, 1.54) is 0 Å². The molecule has 0 fully saturated rings. The van der Waals surface area contributed by atoms with Crippen molar-refractivity contribution in [3.63, 3.8) is 0 Å². The highest BCUT2D eigenvalue weighted by molar-refractivity contribution is 5.98. The third kappa shape index (κ3) is 3.79. The fourth-order valence-electron chi connectivity index (χ4n) is 1.76. The first-order chi connectivity index (χ1) is 9.74. The number of amidine groups is 1. The predicted octanol–water partition coefficient (Wildman–Crippen LogP) is 2.16. The Kier molecular flexibility index (Phi) is 5.45. The molecule has 3 N–H and O–H groups in total. The summed E-state index contributed by atoms with van der Waals surface area (Å²) in [6, 6.07) is 0. The molecule has 0 aromatic carbocycles. The summed E-state index contributed by atoms with van der Waals surface area (Å²) in [5, 5.41) is 14.9. The van der Waals surface area contributed by atoms with Crippen molar-refractivity contribution in [3.8, 4) is 5.88 Å². The van der Waals surface area contributed by atoms with Gasteiger partial charge in [0.15, 0.2) is 6.61 Å². The average molecular weight is 308 g/mol. The molecule has 5 nitrogen and oxygen atoms in total. The number of nitrogen functional groups attached to an aromatic ring is 1. The van der Waals surface area contributed by atoms with Gasteiger partial charge in [0.05, 0.1) is 11.3 Å². The first-order valence-corrected chi connectivity index (χ1v) is 6.26. The zero-order chi connectivity index (χ0) is 16.2. The molecular formula is C12H16F4N4O. The lowest BCUT2D eigenvalue weighted by molar-refractivity contribution is -0.148. The molecule has 0 saturated carbocycles. The number of hydrogen-bond acceptors (Lipinski definition) is 4. The van der Waals surface area contributed by atoms with Gasteiger partial charge in [0.1, 0.15) is 5.84 Å². The number of ether oxygens (including phenoxy) is 1. The topological polar surface area (TPSA) is 84.9 Å². The Labute approximate surface area is 119 Å². The van der Waals surface area contributed by atoms with E-state index in [0.717, 1.165) is 0 Å². The van der Waals surface area contributed by atoms with Crippen LogP contribution in [-0.4, -0.2) is 35.0 Å². The van der Waals surface area contributed by atoms with Crippen LogP contribution in [0.3, 0.4) is 0 Å². The van der Waals surface area contributed by atoms with Gasteiger partial charge in [-0.15, -0.1) is 5.10 Å². The minimum atomic E-state index is -4.31. The molecule has 1 heterocycles. The van der Waals surface area contributed by atoms with Crippen LogP contribution in [0.2, 0.25) is 0 Å². The summed E-state index contributed by atoms with van der Waals surface area (Å²) in [5.74, 6) is -5.19. The lowest BCUT2D eigenvalue weighted by atomic mass is 10.0. The molecule has 0 saturated heterocycles. The fourth-order valence-corrected chi connectivity index (χ4v) is 1.76. The van der Waals surface area contributed by atoms with Gasteiger partial charge < -0.3 is 10.5 Å². The Morgan fingerprint density at radius 2 is 1.90 bits per heavy atom. The van der Waals surface area contributed by atoms with Crippen LogP contribution in [0, 0.1) is 5.41 Å². The highest BCUT2D eigenvalue weighted by Crippen LogP contribution is 2.27. The van der Waals surface area contributed by atoms with E-state index in [-0.39, 0.29) is 5.56 Å². The van der Waals surface area contributed by atoms with Gasteiger partial charge in [0, 0.05) is 0 Å². The van der Waals surface area contributed by atoms with E-state index in [1.807, 2.05) is 0 Å². The van der Waals surface area contributed by atoms with Crippen molar-refractivity contribution >= 4 is 5.84 Å².